The lowest BCUT2D eigenvalue weighted by Crippen LogP contribution is -2.50. The van der Waals surface area contributed by atoms with E-state index in [1.807, 2.05) is 6.08 Å². The van der Waals surface area contributed by atoms with Crippen molar-refractivity contribution in [2.45, 2.75) is 141 Å². The molecule has 10 atom stereocenters. The van der Waals surface area contributed by atoms with E-state index in [1.165, 1.54) is 30.4 Å². The lowest BCUT2D eigenvalue weighted by Gasteiger charge is -2.45. The molecule has 8 heteroatoms. The number of carboxylic acid groups (broad SMARTS) is 1. The van der Waals surface area contributed by atoms with Gasteiger partial charge in [-0.15, -0.1) is 0 Å². The molecule has 0 spiro atoms. The van der Waals surface area contributed by atoms with Crippen LogP contribution < -0.4 is 11.1 Å². The number of dihydropyridines is 1. The van der Waals surface area contributed by atoms with Gasteiger partial charge in [0.05, 0.1) is 29.5 Å². The van der Waals surface area contributed by atoms with Gasteiger partial charge in [-0.05, 0) is 123 Å². The summed E-state index contributed by atoms with van der Waals surface area (Å²) in [4.78, 5) is 15.9. The van der Waals surface area contributed by atoms with E-state index < -0.39 is 23.6 Å². The molecule has 0 aromatic carbocycles. The van der Waals surface area contributed by atoms with Crippen molar-refractivity contribution in [3.63, 3.8) is 0 Å². The summed E-state index contributed by atoms with van der Waals surface area (Å²) in [5, 5.41) is 48.3. The van der Waals surface area contributed by atoms with Gasteiger partial charge in [0.15, 0.2) is 0 Å². The van der Waals surface area contributed by atoms with Gasteiger partial charge in [-0.25, -0.2) is 0 Å². The molecule has 8 N–H and O–H groups in total. The number of unbranched alkanes of at least 4 members (excludes halogenated alkanes) is 4. The minimum atomic E-state index is -0.984. The van der Waals surface area contributed by atoms with Gasteiger partial charge in [0.1, 0.15) is 0 Å². The lowest BCUT2D eigenvalue weighted by atomic mass is 9.64. The fraction of sp³-hybridized carbons (Fsp3) is 0.732. The summed E-state index contributed by atoms with van der Waals surface area (Å²) in [6, 6.07) is 2.21. The van der Waals surface area contributed by atoms with Gasteiger partial charge in [-0.3, -0.25) is 4.79 Å². The number of aryl methyl sites for hydroxylation is 1. The number of hydrogen-bond donors (Lipinski definition) is 7. The van der Waals surface area contributed by atoms with E-state index in [0.29, 0.717) is 30.5 Å². The first-order chi connectivity index (χ1) is 23.6. The molecule has 0 radical (unpaired) electrons. The zero-order valence-electron chi connectivity index (χ0n) is 30.2. The normalized spacial score (nSPS) is 32.6. The molecule has 1 aromatic heterocycles. The Labute approximate surface area is 294 Å². The van der Waals surface area contributed by atoms with Crippen molar-refractivity contribution >= 4 is 5.97 Å². The maximum Gasteiger partial charge on any atom is 0.309 e. The predicted octanol–water partition coefficient (Wildman–Crippen LogP) is 6.77. The Balaban J connectivity index is 1.17. The Kier molecular flexibility index (Phi) is 13.5. The average Bonchev–Trinajstić information content (AvgIpc) is 3.64. The molecular weight excluding hydrogens is 614 g/mol. The van der Waals surface area contributed by atoms with Gasteiger partial charge < -0.3 is 36.5 Å². The smallest absolute Gasteiger partial charge is 0.309 e. The van der Waals surface area contributed by atoms with Crippen molar-refractivity contribution in [1.82, 2.24) is 10.3 Å². The highest BCUT2D eigenvalue weighted by molar-refractivity contribution is 5.70. The van der Waals surface area contributed by atoms with Gasteiger partial charge in [-0.1, -0.05) is 70.6 Å². The first kappa shape index (κ1) is 37.7. The van der Waals surface area contributed by atoms with Crippen molar-refractivity contribution in [3.8, 4) is 0 Å². The van der Waals surface area contributed by atoms with Crippen LogP contribution in [0.5, 0.6) is 0 Å². The predicted molar refractivity (Wildman–Crippen MR) is 195 cm³/mol. The first-order valence-corrected chi connectivity index (χ1v) is 19.7. The van der Waals surface area contributed by atoms with Gasteiger partial charge in [-0.2, -0.15) is 0 Å². The van der Waals surface area contributed by atoms with Gasteiger partial charge in [0.25, 0.3) is 0 Å². The third kappa shape index (κ3) is 9.62. The highest BCUT2D eigenvalue weighted by atomic mass is 16.4. The van der Waals surface area contributed by atoms with Gasteiger partial charge in [0.2, 0.25) is 0 Å². The van der Waals surface area contributed by atoms with E-state index in [4.69, 9.17) is 5.73 Å². The number of aliphatic carboxylic acids is 1. The Morgan fingerprint density at radius 3 is 2.59 bits per heavy atom. The van der Waals surface area contributed by atoms with E-state index in [9.17, 15) is 25.2 Å². The van der Waals surface area contributed by atoms with Crippen molar-refractivity contribution in [2.24, 2.45) is 47.2 Å². The Morgan fingerprint density at radius 2 is 1.88 bits per heavy atom. The fourth-order valence-electron chi connectivity index (χ4n) is 9.92. The van der Waals surface area contributed by atoms with Crippen LogP contribution >= 0.6 is 0 Å². The molecule has 2 fully saturated rings. The summed E-state index contributed by atoms with van der Waals surface area (Å²) in [5.74, 6) is -0.240. The number of H-pyrrole nitrogens is 1. The summed E-state index contributed by atoms with van der Waals surface area (Å²) >= 11 is 0. The minimum Gasteiger partial charge on any atom is -0.481 e. The molecule has 0 saturated heterocycles. The molecule has 274 valence electrons. The lowest BCUT2D eigenvalue weighted by molar-refractivity contribution is -0.152. The number of allylic oxidation sites excluding steroid dienone is 3. The molecule has 1 aliphatic heterocycles. The number of nitrogens with two attached hydrogens (primary N) is 1. The van der Waals surface area contributed by atoms with Crippen LogP contribution in [0.4, 0.5) is 0 Å². The van der Waals surface area contributed by atoms with Crippen LogP contribution in [0, 0.1) is 41.4 Å². The van der Waals surface area contributed by atoms with E-state index in [0.717, 1.165) is 89.3 Å². The molecule has 8 nitrogen and oxygen atoms in total. The number of carbonyl (C=O) groups is 1. The van der Waals surface area contributed by atoms with Gasteiger partial charge in [0, 0.05) is 24.4 Å². The monoisotopic (exact) mass is 679 g/mol. The highest BCUT2D eigenvalue weighted by Gasteiger charge is 2.57. The number of aliphatic hydroxyl groups excluding tert-OH is 2. The molecule has 2 saturated carbocycles. The maximum atomic E-state index is 12.6. The quantitative estimate of drug-likeness (QED) is 0.0668. The number of carboxylic acids is 1. The average molecular weight is 680 g/mol. The number of aliphatic hydroxyl groups is 3. The molecule has 2 heterocycles. The van der Waals surface area contributed by atoms with E-state index in [2.05, 4.69) is 54.6 Å². The van der Waals surface area contributed by atoms with E-state index >= 15 is 0 Å². The van der Waals surface area contributed by atoms with Crippen LogP contribution in [0.3, 0.4) is 0 Å². The molecule has 1 aromatic rings. The van der Waals surface area contributed by atoms with Crippen LogP contribution in [0.15, 0.2) is 48.0 Å². The number of aromatic nitrogens is 1. The first-order valence-electron chi connectivity index (χ1n) is 19.7. The number of rotatable bonds is 18. The number of aromatic amines is 1. The molecule has 3 aliphatic carbocycles. The molecule has 4 aliphatic rings. The molecule has 0 amide bonds. The van der Waals surface area contributed by atoms with Crippen molar-refractivity contribution in [1.29, 1.82) is 0 Å². The molecule has 49 heavy (non-hydrogen) atoms. The molecule has 0 unspecified atom stereocenters. The number of hydrogen-bond acceptors (Lipinski definition) is 6. The summed E-state index contributed by atoms with van der Waals surface area (Å²) in [7, 11) is 0. The van der Waals surface area contributed by atoms with Crippen LogP contribution in [-0.2, 0) is 17.6 Å². The second-order valence-electron chi connectivity index (χ2n) is 16.1. The standard InChI is InChI=1S/C41H65N3O5/c1-3-5-7-10-28-13-14-30(37(45)21-28)11-8-6-9-12-35(40(47)48)39(46)31-15-16-36-32(19-29-17-18-43-38(42)22-29)23-33(41(36,49)25-31)24-34-20-27(4-2)26-44-34/h13-14,17,20,22,26,28,30-33,35-37,39,43-46,49H,3-12,15-16,18-19,21,23-25,42H2,1-2H3,(H,47,48)/t28-,30-,31+,32+,33-,35+,36-,37-,39-,41-/m1/s1. The topological polar surface area (TPSA) is 152 Å². The second kappa shape index (κ2) is 17.6. The van der Waals surface area contributed by atoms with Crippen LogP contribution in [0.25, 0.3) is 0 Å². The third-order valence-corrected chi connectivity index (χ3v) is 12.7. The Hall–Kier alpha value is -2.55. The van der Waals surface area contributed by atoms with Gasteiger partial charge >= 0.3 is 5.97 Å². The highest BCUT2D eigenvalue weighted by Crippen LogP contribution is 2.57. The minimum absolute atomic E-state index is 0.0311. The third-order valence-electron chi connectivity index (χ3n) is 12.7. The second-order valence-corrected chi connectivity index (χ2v) is 16.1. The largest absolute Gasteiger partial charge is 0.481 e. The number of nitrogens with one attached hydrogen (secondary N) is 2. The summed E-state index contributed by atoms with van der Waals surface area (Å²) in [6.07, 6.45) is 24.5. The summed E-state index contributed by atoms with van der Waals surface area (Å²) < 4.78 is 0. The number of fused-ring (bicyclic) bond motifs is 1. The Morgan fingerprint density at radius 1 is 1.06 bits per heavy atom. The fourth-order valence-corrected chi connectivity index (χ4v) is 9.92. The van der Waals surface area contributed by atoms with Crippen LogP contribution in [0.1, 0.15) is 121 Å². The molecular formula is C41H65N3O5. The van der Waals surface area contributed by atoms with E-state index in [1.54, 1.807) is 0 Å². The Bertz CT molecular complexity index is 1300. The molecule has 0 bridgehead atoms. The molecule has 5 rings (SSSR count). The van der Waals surface area contributed by atoms with E-state index in [-0.39, 0.29) is 29.8 Å². The zero-order chi connectivity index (χ0) is 35.0. The maximum absolute atomic E-state index is 12.6. The van der Waals surface area contributed by atoms with Crippen molar-refractivity contribution in [2.75, 3.05) is 6.54 Å². The SMILES string of the molecule is CCCCC[C@@H]1C=C[C@@H](CCCCC[C@H](C(=O)O)[C@H](O)[C@H]2CC[C@@H]3[C@@H](CC4=CCNC(N)=C4)C[C@H](Cc4cc(CC)c[nH]4)[C@]3(O)C2)[C@H](O)C1. The van der Waals surface area contributed by atoms with Crippen molar-refractivity contribution in [3.05, 3.63) is 59.2 Å². The zero-order valence-corrected chi connectivity index (χ0v) is 30.2. The van der Waals surface area contributed by atoms with Crippen LogP contribution in [-0.4, -0.2) is 55.7 Å². The summed E-state index contributed by atoms with van der Waals surface area (Å²) in [5.41, 5.74) is 8.73. The van der Waals surface area contributed by atoms with Crippen molar-refractivity contribution < 1.29 is 25.2 Å². The van der Waals surface area contributed by atoms with Crippen LogP contribution in [0.2, 0.25) is 0 Å². The summed E-state index contributed by atoms with van der Waals surface area (Å²) in [6.45, 7) is 5.08.